The van der Waals surface area contributed by atoms with Crippen LogP contribution in [0.2, 0.25) is 0 Å². The molecule has 1 amide bonds. The second-order valence-corrected chi connectivity index (χ2v) is 5.96. The maximum Gasteiger partial charge on any atom is 0.387 e. The molecule has 1 aromatic carbocycles. The molecule has 2 aromatic rings. The lowest BCUT2D eigenvalue weighted by Gasteiger charge is -2.08. The molecule has 10 nitrogen and oxygen atoms in total. The van der Waals surface area contributed by atoms with E-state index in [-0.39, 0.29) is 17.4 Å². The monoisotopic (exact) mass is 402 g/mol. The van der Waals surface area contributed by atoms with E-state index in [1.807, 2.05) is 6.07 Å². The zero-order chi connectivity index (χ0) is 20.9. The summed E-state index contributed by atoms with van der Waals surface area (Å²) in [5.74, 6) is 7.50. The highest BCUT2D eigenvalue weighted by Gasteiger charge is 2.31. The first kappa shape index (κ1) is 18.7. The molecule has 1 aromatic heterocycles. The number of rotatable bonds is 3. The van der Waals surface area contributed by atoms with Crippen LogP contribution < -0.4 is 20.1 Å². The maximum absolute atomic E-state index is 12.5. The van der Waals surface area contributed by atoms with Gasteiger partial charge in [0.1, 0.15) is 18.0 Å². The second-order valence-electron chi connectivity index (χ2n) is 5.96. The largest absolute Gasteiger partial charge is 0.480 e. The van der Waals surface area contributed by atoms with Gasteiger partial charge in [0, 0.05) is 23.4 Å². The van der Waals surface area contributed by atoms with Gasteiger partial charge in [-0.25, -0.2) is 15.4 Å². The minimum Gasteiger partial charge on any atom is -0.480 e. The molecule has 0 radical (unpaired) electrons. The van der Waals surface area contributed by atoms with Crippen LogP contribution >= 0.6 is 0 Å². The molecule has 0 saturated heterocycles. The van der Waals surface area contributed by atoms with Crippen molar-refractivity contribution in [2.75, 3.05) is 19.5 Å². The molecular weight excluding hydrogens is 386 g/mol. The van der Waals surface area contributed by atoms with Crippen molar-refractivity contribution >= 4 is 29.7 Å². The molecule has 2 aliphatic rings. The fourth-order valence-corrected chi connectivity index (χ4v) is 2.66. The van der Waals surface area contributed by atoms with Crippen molar-refractivity contribution in [1.29, 1.82) is 0 Å². The summed E-state index contributed by atoms with van der Waals surface area (Å²) in [4.78, 5) is 22.0. The molecule has 148 valence electrons. The van der Waals surface area contributed by atoms with Gasteiger partial charge in [0.2, 0.25) is 11.7 Å². The van der Waals surface area contributed by atoms with Crippen molar-refractivity contribution in [3.63, 3.8) is 0 Å². The third kappa shape index (κ3) is 3.82. The van der Waals surface area contributed by atoms with Gasteiger partial charge < -0.3 is 14.8 Å². The van der Waals surface area contributed by atoms with Gasteiger partial charge in [-0.05, 0) is 18.2 Å². The summed E-state index contributed by atoms with van der Waals surface area (Å²) in [5, 5.41) is 6.98. The standard InChI is InChI=1S/C20H15N7O3/c1-29-18-9-17-26-25-16(27(17)12-23-18)7-6-13-4-3-5-14(8-13)24-19(28)15-10-21-11-22-20(15)30-2/h3-5,8-12H,1-2H3,(H,24,28)/p+1. The van der Waals surface area contributed by atoms with Crippen LogP contribution in [0.25, 0.3) is 0 Å². The SMILES string of the molecule is COC1=[N+]=CN2C(=C1)NN=C2C#Cc1cccc(NC(=O)c2cncnc2OC)c1. The van der Waals surface area contributed by atoms with Crippen LogP contribution in [0, 0.1) is 11.8 Å². The van der Waals surface area contributed by atoms with E-state index in [9.17, 15) is 4.79 Å². The molecule has 0 atom stereocenters. The lowest BCUT2D eigenvalue weighted by atomic mass is 10.2. The minimum absolute atomic E-state index is 0.200. The van der Waals surface area contributed by atoms with Crippen LogP contribution in [0.4, 0.5) is 5.69 Å². The highest BCUT2D eigenvalue weighted by molar-refractivity contribution is 6.09. The van der Waals surface area contributed by atoms with Crippen molar-refractivity contribution in [2.45, 2.75) is 0 Å². The number of amidine groups is 1. The van der Waals surface area contributed by atoms with Gasteiger partial charge in [0.25, 0.3) is 11.7 Å². The normalized spacial score (nSPS) is 13.7. The van der Waals surface area contributed by atoms with Crippen molar-refractivity contribution < 1.29 is 14.3 Å². The third-order valence-corrected chi connectivity index (χ3v) is 4.09. The van der Waals surface area contributed by atoms with E-state index < -0.39 is 0 Å². The number of nitrogens with one attached hydrogen (secondary N) is 2. The zero-order valence-electron chi connectivity index (χ0n) is 16.1. The first-order chi connectivity index (χ1) is 14.7. The molecular formula is C20H16N7O3+. The predicted octanol–water partition coefficient (Wildman–Crippen LogP) is 0.303. The molecule has 0 saturated carbocycles. The topological polar surface area (TPSA) is 115 Å². The Balaban J connectivity index is 1.50. The van der Waals surface area contributed by atoms with Crippen molar-refractivity contribution in [3.05, 3.63) is 59.8 Å². The van der Waals surface area contributed by atoms with E-state index in [1.165, 1.54) is 19.6 Å². The van der Waals surface area contributed by atoms with E-state index in [0.29, 0.717) is 28.8 Å². The Kier molecular flexibility index (Phi) is 5.11. The summed E-state index contributed by atoms with van der Waals surface area (Å²) in [6.45, 7) is 0. The summed E-state index contributed by atoms with van der Waals surface area (Å²) >= 11 is 0. The molecule has 2 aliphatic heterocycles. The summed E-state index contributed by atoms with van der Waals surface area (Å²) in [6.07, 6.45) is 6.01. The highest BCUT2D eigenvalue weighted by Crippen LogP contribution is 2.16. The van der Waals surface area contributed by atoms with Gasteiger partial charge in [-0.3, -0.25) is 4.79 Å². The number of hydrazone groups is 1. The van der Waals surface area contributed by atoms with Crippen molar-refractivity contribution in [3.8, 4) is 17.7 Å². The van der Waals surface area contributed by atoms with Gasteiger partial charge in [-0.15, -0.1) is 10.0 Å². The average Bonchev–Trinajstić information content (AvgIpc) is 3.20. The number of aromatic nitrogens is 2. The number of ether oxygens (including phenoxy) is 2. The molecule has 10 heteroatoms. The molecule has 2 N–H and O–H groups in total. The molecule has 0 unspecified atom stereocenters. The van der Waals surface area contributed by atoms with E-state index in [2.05, 4.69) is 42.3 Å². The van der Waals surface area contributed by atoms with E-state index in [1.54, 1.807) is 42.6 Å². The van der Waals surface area contributed by atoms with Gasteiger partial charge in [-0.1, -0.05) is 12.0 Å². The predicted molar refractivity (Wildman–Crippen MR) is 111 cm³/mol. The quantitative estimate of drug-likeness (QED) is 0.561. The van der Waals surface area contributed by atoms with Crippen LogP contribution in [-0.2, 0) is 4.74 Å². The number of methoxy groups -OCH3 is 2. The number of carbonyl (C=O) groups is 1. The number of benzene rings is 1. The van der Waals surface area contributed by atoms with Crippen LogP contribution in [0.1, 0.15) is 15.9 Å². The molecule has 3 heterocycles. The van der Waals surface area contributed by atoms with Gasteiger partial charge in [-0.2, -0.15) is 4.67 Å². The fraction of sp³-hybridized carbons (Fsp3) is 0.100. The Morgan fingerprint density at radius 3 is 3.00 bits per heavy atom. The number of nitrogens with zero attached hydrogens (tertiary/aromatic N) is 5. The van der Waals surface area contributed by atoms with Gasteiger partial charge >= 0.3 is 12.2 Å². The first-order valence-corrected chi connectivity index (χ1v) is 8.75. The molecule has 4 rings (SSSR count). The number of amides is 1. The minimum atomic E-state index is -0.383. The van der Waals surface area contributed by atoms with Crippen LogP contribution in [0.3, 0.4) is 0 Å². The number of hydrogen-bond donors (Lipinski definition) is 2. The van der Waals surface area contributed by atoms with Crippen molar-refractivity contribution in [2.24, 2.45) is 5.10 Å². The summed E-state index contributed by atoms with van der Waals surface area (Å²) in [7, 11) is 2.99. The van der Waals surface area contributed by atoms with Gasteiger partial charge in [0.05, 0.1) is 14.2 Å². The van der Waals surface area contributed by atoms with E-state index in [4.69, 9.17) is 9.47 Å². The Hall–Kier alpha value is -4.61. The average molecular weight is 402 g/mol. The highest BCUT2D eigenvalue weighted by atomic mass is 16.5. The van der Waals surface area contributed by atoms with Crippen LogP contribution in [0.15, 0.2) is 53.8 Å². The number of fused-ring (bicyclic) bond motifs is 1. The second kappa shape index (κ2) is 8.18. The Morgan fingerprint density at radius 1 is 1.27 bits per heavy atom. The van der Waals surface area contributed by atoms with Crippen LogP contribution in [-0.4, -0.2) is 53.1 Å². The van der Waals surface area contributed by atoms with E-state index >= 15 is 0 Å². The zero-order valence-corrected chi connectivity index (χ0v) is 16.1. The Bertz CT molecular complexity index is 1200. The van der Waals surface area contributed by atoms with Gasteiger partial charge in [0.15, 0.2) is 0 Å². The fourth-order valence-electron chi connectivity index (χ4n) is 2.66. The summed E-state index contributed by atoms with van der Waals surface area (Å²) in [6, 6.07) is 7.13. The lowest BCUT2D eigenvalue weighted by Crippen LogP contribution is -2.30. The van der Waals surface area contributed by atoms with Crippen LogP contribution in [0.5, 0.6) is 5.88 Å². The molecule has 0 fully saturated rings. The lowest BCUT2D eigenvalue weighted by molar-refractivity contribution is 0.102. The van der Waals surface area contributed by atoms with E-state index in [0.717, 1.165) is 0 Å². The number of anilines is 1. The maximum atomic E-state index is 12.5. The summed E-state index contributed by atoms with van der Waals surface area (Å²) in [5.41, 5.74) is 4.38. The number of carbonyl (C=O) groups excluding carboxylic acids is 1. The number of hydrogen-bond acceptors (Lipinski definition) is 8. The molecule has 0 bridgehead atoms. The van der Waals surface area contributed by atoms with Crippen molar-refractivity contribution in [1.82, 2.24) is 25.0 Å². The summed E-state index contributed by atoms with van der Waals surface area (Å²) < 4.78 is 14.3. The smallest absolute Gasteiger partial charge is 0.387 e. The Labute approximate surface area is 171 Å². The molecule has 0 spiro atoms. The third-order valence-electron chi connectivity index (χ3n) is 4.09. The first-order valence-electron chi connectivity index (χ1n) is 8.75. The molecule has 30 heavy (non-hydrogen) atoms. The molecule has 0 aliphatic carbocycles. The Morgan fingerprint density at radius 2 is 2.17 bits per heavy atom.